The molecule has 10 aromatic rings. The molecule has 302 valence electrons. The van der Waals surface area contributed by atoms with Gasteiger partial charge in [-0.15, -0.1) is 0 Å². The summed E-state index contributed by atoms with van der Waals surface area (Å²) in [5, 5.41) is 9.66. The highest BCUT2D eigenvalue weighted by atomic mass is 16.5. The first-order chi connectivity index (χ1) is 30.0. The quantitative estimate of drug-likeness (QED) is 0.177. The van der Waals surface area contributed by atoms with Gasteiger partial charge in [-0.05, 0) is 114 Å². The zero-order chi connectivity index (χ0) is 42.6. The molecule has 0 saturated carbocycles. The van der Waals surface area contributed by atoms with Crippen LogP contribution in [0.4, 0.5) is 0 Å². The van der Waals surface area contributed by atoms with Crippen molar-refractivity contribution >= 4 is 43.1 Å². The minimum Gasteiger partial charge on any atom is -0.457 e. The van der Waals surface area contributed by atoms with E-state index in [4.69, 9.17) is 9.47 Å². The van der Waals surface area contributed by atoms with Crippen molar-refractivity contribution in [3.8, 4) is 34.1 Å². The molecular formula is C59H54O2. The molecule has 0 amide bonds. The van der Waals surface area contributed by atoms with Crippen LogP contribution < -0.4 is 9.47 Å². The summed E-state index contributed by atoms with van der Waals surface area (Å²) >= 11 is 0. The van der Waals surface area contributed by atoms with E-state index >= 15 is 0 Å². The van der Waals surface area contributed by atoms with Crippen molar-refractivity contribution in [3.05, 3.63) is 230 Å². The van der Waals surface area contributed by atoms with Gasteiger partial charge in [0.1, 0.15) is 23.0 Å². The fraction of sp³-hybridized carbons (Fsp3) is 0.119. The molecule has 61 heavy (non-hydrogen) atoms. The Balaban J connectivity index is 0.000000134. The fourth-order valence-corrected chi connectivity index (χ4v) is 7.87. The average Bonchev–Trinajstić information content (AvgIpc) is 3.56. The Hall–Kier alpha value is -7.16. The topological polar surface area (TPSA) is 18.5 Å². The summed E-state index contributed by atoms with van der Waals surface area (Å²) in [6, 6.07) is 75.3. The maximum absolute atomic E-state index is 5.99. The molecule has 0 unspecified atom stereocenters. The van der Waals surface area contributed by atoms with Gasteiger partial charge in [0.15, 0.2) is 0 Å². The Bertz CT molecular complexity index is 2650. The predicted molar refractivity (Wildman–Crippen MR) is 263 cm³/mol. The minimum atomic E-state index is 0.160. The molecule has 0 bridgehead atoms. The van der Waals surface area contributed by atoms with Crippen LogP contribution in [0.3, 0.4) is 0 Å². The van der Waals surface area contributed by atoms with Gasteiger partial charge >= 0.3 is 0 Å². The second kappa shape index (κ2) is 19.7. The zero-order valence-electron chi connectivity index (χ0n) is 36.1. The third-order valence-corrected chi connectivity index (χ3v) is 10.8. The molecular weight excluding hydrogens is 741 g/mol. The summed E-state index contributed by atoms with van der Waals surface area (Å²) in [6.07, 6.45) is 0. The minimum absolute atomic E-state index is 0.160. The largest absolute Gasteiger partial charge is 0.457 e. The predicted octanol–water partition coefficient (Wildman–Crippen LogP) is 17.6. The Morgan fingerprint density at radius 1 is 0.262 bits per heavy atom. The lowest BCUT2D eigenvalue weighted by Gasteiger charge is -2.20. The highest BCUT2D eigenvalue weighted by molar-refractivity contribution is 5.87. The van der Waals surface area contributed by atoms with E-state index in [2.05, 4.69) is 159 Å². The van der Waals surface area contributed by atoms with E-state index in [0.717, 1.165) is 23.0 Å². The summed E-state index contributed by atoms with van der Waals surface area (Å²) in [6.45, 7) is 12.6. The second-order valence-electron chi connectivity index (χ2n) is 15.0. The van der Waals surface area contributed by atoms with Crippen LogP contribution in [-0.2, 0) is 5.41 Å². The number of hydrogen-bond acceptors (Lipinski definition) is 2. The summed E-state index contributed by atoms with van der Waals surface area (Å²) in [5.74, 6) is 3.46. The van der Waals surface area contributed by atoms with Crippen LogP contribution in [0.15, 0.2) is 218 Å². The van der Waals surface area contributed by atoms with Crippen LogP contribution >= 0.6 is 0 Å². The Morgan fingerprint density at radius 3 is 0.770 bits per heavy atom. The van der Waals surface area contributed by atoms with E-state index in [1.165, 1.54) is 65.3 Å². The first kappa shape index (κ1) is 42.0. The molecule has 10 aromatic carbocycles. The molecule has 0 spiro atoms. The molecule has 0 N–H and O–H groups in total. The van der Waals surface area contributed by atoms with Gasteiger partial charge in [-0.3, -0.25) is 0 Å². The number of hydrogen-bond donors (Lipinski definition) is 0. The van der Waals surface area contributed by atoms with Crippen LogP contribution in [0.25, 0.3) is 54.2 Å². The lowest BCUT2D eigenvalue weighted by atomic mass is 9.82. The molecule has 1 aliphatic carbocycles. The monoisotopic (exact) mass is 794 g/mol. The van der Waals surface area contributed by atoms with Crippen molar-refractivity contribution in [1.82, 2.24) is 0 Å². The molecule has 0 aromatic heterocycles. The number of rotatable bonds is 4. The Kier molecular flexibility index (Phi) is 13.6. The number of ether oxygens (including phenoxy) is 2. The average molecular weight is 795 g/mol. The van der Waals surface area contributed by atoms with E-state index in [1.807, 2.05) is 100 Å². The highest BCUT2D eigenvalue weighted by Crippen LogP contribution is 2.48. The van der Waals surface area contributed by atoms with E-state index in [1.54, 1.807) is 0 Å². The van der Waals surface area contributed by atoms with Gasteiger partial charge in [0.05, 0.1) is 0 Å². The molecule has 2 heteroatoms. The van der Waals surface area contributed by atoms with E-state index in [0.29, 0.717) is 0 Å². The Labute approximate surface area is 361 Å². The number of fused-ring (bicyclic) bond motifs is 7. The summed E-state index contributed by atoms with van der Waals surface area (Å²) < 4.78 is 12.0. The molecule has 2 nitrogen and oxygen atoms in total. The Morgan fingerprint density at radius 2 is 0.492 bits per heavy atom. The maximum Gasteiger partial charge on any atom is 0.128 e. The van der Waals surface area contributed by atoms with Crippen molar-refractivity contribution in [3.63, 3.8) is 0 Å². The standard InChI is InChI=1S/2C20H14O.C15H14.2C2H6/c2*1-3-7-17-13-19(11-9-15(17)5-1)21-20-12-10-16-6-2-4-8-18(16)14-20;1-15(2)13-9-5-3-7-11(13)12-8-4-6-10-14(12)15;2*1-2/h2*1-14H;3-10H,1-2H3;2*1-2H3. The first-order valence-corrected chi connectivity index (χ1v) is 21.5. The smallest absolute Gasteiger partial charge is 0.128 e. The molecule has 1 aliphatic rings. The third kappa shape index (κ3) is 9.67. The fourth-order valence-electron chi connectivity index (χ4n) is 7.87. The first-order valence-electron chi connectivity index (χ1n) is 21.5. The van der Waals surface area contributed by atoms with Gasteiger partial charge in [0.2, 0.25) is 0 Å². The van der Waals surface area contributed by atoms with Crippen molar-refractivity contribution < 1.29 is 9.47 Å². The highest BCUT2D eigenvalue weighted by Gasteiger charge is 2.34. The molecule has 0 fully saturated rings. The molecule has 0 atom stereocenters. The molecule has 0 aliphatic heterocycles. The van der Waals surface area contributed by atoms with Crippen LogP contribution in [0.2, 0.25) is 0 Å². The van der Waals surface area contributed by atoms with E-state index < -0.39 is 0 Å². The van der Waals surface area contributed by atoms with Crippen molar-refractivity contribution in [2.45, 2.75) is 47.0 Å². The molecule has 0 radical (unpaired) electrons. The van der Waals surface area contributed by atoms with Crippen LogP contribution in [-0.4, -0.2) is 0 Å². The molecule has 11 rings (SSSR count). The van der Waals surface area contributed by atoms with Crippen LogP contribution in [0, 0.1) is 0 Å². The zero-order valence-corrected chi connectivity index (χ0v) is 36.1. The van der Waals surface area contributed by atoms with E-state index in [9.17, 15) is 0 Å². The normalized spacial score (nSPS) is 11.6. The molecule has 0 saturated heterocycles. The van der Waals surface area contributed by atoms with Gasteiger partial charge in [-0.2, -0.15) is 0 Å². The van der Waals surface area contributed by atoms with E-state index in [-0.39, 0.29) is 5.41 Å². The van der Waals surface area contributed by atoms with Gasteiger partial charge in [-0.25, -0.2) is 0 Å². The summed E-state index contributed by atoms with van der Waals surface area (Å²) in [5.41, 5.74) is 5.86. The molecule has 0 heterocycles. The maximum atomic E-state index is 5.99. The SMILES string of the molecule is CC.CC.CC1(C)c2ccccc2-c2ccccc21.c1ccc2cc(Oc3ccc4ccccc4c3)ccc2c1.c1ccc2cc(Oc3ccc4ccccc4c3)ccc2c1. The number of benzene rings is 10. The second-order valence-corrected chi connectivity index (χ2v) is 15.0. The summed E-state index contributed by atoms with van der Waals surface area (Å²) in [4.78, 5) is 0. The third-order valence-electron chi connectivity index (χ3n) is 10.8. The van der Waals surface area contributed by atoms with Crippen LogP contribution in [0.1, 0.15) is 52.7 Å². The van der Waals surface area contributed by atoms with Crippen molar-refractivity contribution in [1.29, 1.82) is 0 Å². The van der Waals surface area contributed by atoms with Gasteiger partial charge in [-0.1, -0.05) is 211 Å². The summed E-state index contributed by atoms with van der Waals surface area (Å²) in [7, 11) is 0. The van der Waals surface area contributed by atoms with Gasteiger partial charge in [0.25, 0.3) is 0 Å². The van der Waals surface area contributed by atoms with Gasteiger partial charge in [0, 0.05) is 5.41 Å². The van der Waals surface area contributed by atoms with Crippen molar-refractivity contribution in [2.24, 2.45) is 0 Å². The van der Waals surface area contributed by atoms with Crippen LogP contribution in [0.5, 0.6) is 23.0 Å². The van der Waals surface area contributed by atoms with Crippen molar-refractivity contribution in [2.75, 3.05) is 0 Å². The lowest BCUT2D eigenvalue weighted by molar-refractivity contribution is 0.484. The lowest BCUT2D eigenvalue weighted by Crippen LogP contribution is -2.14. The van der Waals surface area contributed by atoms with Gasteiger partial charge < -0.3 is 9.47 Å².